The first kappa shape index (κ1) is 14.7. The fourth-order valence-corrected chi connectivity index (χ4v) is 1.65. The van der Waals surface area contributed by atoms with E-state index in [-0.39, 0.29) is 10.7 Å². The number of rotatable bonds is 2. The molecule has 0 radical (unpaired) electrons. The zero-order chi connectivity index (χ0) is 14.9. The standard InChI is InChI=1S/C11H6Cl2F3N3O/c12-6-2-1-5(3-7(6)13)17-10(20)8-4-9(19-18-8)11(14,15)16/h1-4H,(H,17,20)(H,18,19). The van der Waals surface area contributed by atoms with Gasteiger partial charge in [0.2, 0.25) is 0 Å². The molecule has 0 unspecified atom stereocenters. The highest BCUT2D eigenvalue weighted by atomic mass is 35.5. The molecule has 0 aliphatic carbocycles. The molecule has 2 aromatic rings. The number of H-pyrrole nitrogens is 1. The summed E-state index contributed by atoms with van der Waals surface area (Å²) in [6.07, 6.45) is -4.59. The van der Waals surface area contributed by atoms with Crippen LogP contribution in [0, 0.1) is 0 Å². The normalized spacial score (nSPS) is 11.4. The third-order valence-corrected chi connectivity index (χ3v) is 3.03. The van der Waals surface area contributed by atoms with E-state index in [1.807, 2.05) is 0 Å². The molecule has 1 aromatic heterocycles. The van der Waals surface area contributed by atoms with Crippen molar-refractivity contribution in [2.24, 2.45) is 0 Å². The molecule has 20 heavy (non-hydrogen) atoms. The minimum Gasteiger partial charge on any atom is -0.321 e. The molecule has 0 saturated carbocycles. The van der Waals surface area contributed by atoms with E-state index in [1.54, 1.807) is 5.10 Å². The summed E-state index contributed by atoms with van der Waals surface area (Å²) in [6, 6.07) is 4.90. The third-order valence-electron chi connectivity index (χ3n) is 2.29. The van der Waals surface area contributed by atoms with Crippen LogP contribution < -0.4 is 5.32 Å². The molecule has 1 aromatic carbocycles. The van der Waals surface area contributed by atoms with Crippen LogP contribution >= 0.6 is 23.2 Å². The molecule has 106 valence electrons. The van der Waals surface area contributed by atoms with Crippen LogP contribution in [-0.4, -0.2) is 16.1 Å². The lowest BCUT2D eigenvalue weighted by molar-refractivity contribution is -0.141. The van der Waals surface area contributed by atoms with Gasteiger partial charge in [0.05, 0.1) is 10.0 Å². The minimum absolute atomic E-state index is 0.211. The Bertz CT molecular complexity index is 655. The summed E-state index contributed by atoms with van der Waals surface area (Å²) in [5, 5.41) is 7.92. The first-order chi connectivity index (χ1) is 9.27. The fraction of sp³-hybridized carbons (Fsp3) is 0.0909. The van der Waals surface area contributed by atoms with E-state index in [4.69, 9.17) is 23.2 Å². The van der Waals surface area contributed by atoms with Crippen LogP contribution in [0.4, 0.5) is 18.9 Å². The van der Waals surface area contributed by atoms with Gasteiger partial charge in [0.25, 0.3) is 5.91 Å². The number of anilines is 1. The van der Waals surface area contributed by atoms with Gasteiger partial charge in [-0.25, -0.2) is 0 Å². The summed E-state index contributed by atoms with van der Waals surface area (Å²) in [6.45, 7) is 0. The number of hydrogen-bond donors (Lipinski definition) is 2. The first-order valence-corrected chi connectivity index (χ1v) is 5.92. The SMILES string of the molecule is O=C(Nc1ccc(Cl)c(Cl)c1)c1cc(C(F)(F)F)[nH]n1. The highest BCUT2D eigenvalue weighted by molar-refractivity contribution is 6.42. The van der Waals surface area contributed by atoms with Gasteiger partial charge in [-0.3, -0.25) is 9.89 Å². The van der Waals surface area contributed by atoms with Gasteiger partial charge < -0.3 is 5.32 Å². The topological polar surface area (TPSA) is 57.8 Å². The van der Waals surface area contributed by atoms with Gasteiger partial charge >= 0.3 is 6.18 Å². The van der Waals surface area contributed by atoms with Crippen molar-refractivity contribution in [3.8, 4) is 0 Å². The Labute approximate surface area is 120 Å². The summed E-state index contributed by atoms with van der Waals surface area (Å²) in [4.78, 5) is 11.7. The van der Waals surface area contributed by atoms with Crippen molar-refractivity contribution in [3.05, 3.63) is 45.7 Å². The molecule has 1 amide bonds. The largest absolute Gasteiger partial charge is 0.432 e. The predicted octanol–water partition coefficient (Wildman–Crippen LogP) is 3.99. The maximum Gasteiger partial charge on any atom is 0.432 e. The maximum atomic E-state index is 12.4. The highest BCUT2D eigenvalue weighted by Gasteiger charge is 2.33. The predicted molar refractivity (Wildman–Crippen MR) is 68.0 cm³/mol. The molecule has 4 nitrogen and oxygen atoms in total. The van der Waals surface area contributed by atoms with Gasteiger partial charge in [-0.2, -0.15) is 18.3 Å². The Morgan fingerprint density at radius 3 is 2.45 bits per heavy atom. The van der Waals surface area contributed by atoms with Crippen LogP contribution in [0.2, 0.25) is 10.0 Å². The van der Waals surface area contributed by atoms with Crippen LogP contribution in [0.3, 0.4) is 0 Å². The van der Waals surface area contributed by atoms with Crippen molar-refractivity contribution in [1.82, 2.24) is 10.2 Å². The smallest absolute Gasteiger partial charge is 0.321 e. The molecule has 0 saturated heterocycles. The number of carbonyl (C=O) groups excluding carboxylic acids is 1. The van der Waals surface area contributed by atoms with Gasteiger partial charge in [-0.15, -0.1) is 0 Å². The van der Waals surface area contributed by atoms with Crippen molar-refractivity contribution in [2.75, 3.05) is 5.32 Å². The maximum absolute atomic E-state index is 12.4. The summed E-state index contributed by atoms with van der Waals surface area (Å²) < 4.78 is 37.1. The number of halogens is 5. The first-order valence-electron chi connectivity index (χ1n) is 5.16. The van der Waals surface area contributed by atoms with Gasteiger partial charge in [-0.1, -0.05) is 23.2 Å². The lowest BCUT2D eigenvalue weighted by Crippen LogP contribution is -2.12. The van der Waals surface area contributed by atoms with Crippen LogP contribution in [0.25, 0.3) is 0 Å². The average Bonchev–Trinajstić information content (AvgIpc) is 2.83. The summed E-state index contributed by atoms with van der Waals surface area (Å²) in [5.41, 5.74) is -1.19. The van der Waals surface area contributed by atoms with Crippen LogP contribution in [-0.2, 0) is 6.18 Å². The summed E-state index contributed by atoms with van der Waals surface area (Å²) in [7, 11) is 0. The molecule has 0 aliphatic heterocycles. The number of aromatic amines is 1. The lowest BCUT2D eigenvalue weighted by Gasteiger charge is -2.04. The van der Waals surface area contributed by atoms with Crippen LogP contribution in [0.15, 0.2) is 24.3 Å². The van der Waals surface area contributed by atoms with Crippen molar-refractivity contribution in [1.29, 1.82) is 0 Å². The molecular formula is C11H6Cl2F3N3O. The Morgan fingerprint density at radius 1 is 1.20 bits per heavy atom. The Balaban J connectivity index is 2.16. The Kier molecular flexibility index (Phi) is 3.92. The number of amides is 1. The fourth-order valence-electron chi connectivity index (χ4n) is 1.35. The summed E-state index contributed by atoms with van der Waals surface area (Å²) in [5.74, 6) is -0.796. The van der Waals surface area contributed by atoms with E-state index >= 15 is 0 Å². The Morgan fingerprint density at radius 2 is 1.90 bits per heavy atom. The number of alkyl halides is 3. The Hall–Kier alpha value is -1.73. The molecule has 9 heteroatoms. The van der Waals surface area contributed by atoms with E-state index in [1.165, 1.54) is 18.2 Å². The number of nitrogens with one attached hydrogen (secondary N) is 2. The van der Waals surface area contributed by atoms with Crippen molar-refractivity contribution in [2.45, 2.75) is 6.18 Å². The third kappa shape index (κ3) is 3.23. The minimum atomic E-state index is -4.59. The van der Waals surface area contributed by atoms with E-state index in [0.717, 1.165) is 0 Å². The summed E-state index contributed by atoms with van der Waals surface area (Å²) >= 11 is 11.5. The average molecular weight is 324 g/mol. The van der Waals surface area contributed by atoms with Crippen molar-refractivity contribution >= 4 is 34.8 Å². The van der Waals surface area contributed by atoms with Crippen LogP contribution in [0.1, 0.15) is 16.2 Å². The second-order valence-corrected chi connectivity index (χ2v) is 4.56. The van der Waals surface area contributed by atoms with E-state index in [0.29, 0.717) is 16.8 Å². The molecule has 2 rings (SSSR count). The number of aromatic nitrogens is 2. The van der Waals surface area contributed by atoms with Crippen molar-refractivity contribution in [3.63, 3.8) is 0 Å². The number of carbonyl (C=O) groups is 1. The lowest BCUT2D eigenvalue weighted by atomic mass is 10.3. The second kappa shape index (κ2) is 5.34. The molecule has 0 aliphatic rings. The highest BCUT2D eigenvalue weighted by Crippen LogP contribution is 2.28. The quantitative estimate of drug-likeness (QED) is 0.878. The van der Waals surface area contributed by atoms with Gasteiger partial charge in [0.1, 0.15) is 5.69 Å². The molecular weight excluding hydrogens is 318 g/mol. The second-order valence-electron chi connectivity index (χ2n) is 3.75. The van der Waals surface area contributed by atoms with E-state index in [9.17, 15) is 18.0 Å². The molecule has 0 fully saturated rings. The number of nitrogens with zero attached hydrogens (tertiary/aromatic N) is 1. The molecule has 0 bridgehead atoms. The monoisotopic (exact) mass is 323 g/mol. The van der Waals surface area contributed by atoms with E-state index in [2.05, 4.69) is 10.4 Å². The van der Waals surface area contributed by atoms with Gasteiger partial charge in [-0.05, 0) is 18.2 Å². The zero-order valence-electron chi connectivity index (χ0n) is 9.55. The zero-order valence-corrected chi connectivity index (χ0v) is 11.1. The molecule has 0 atom stereocenters. The van der Waals surface area contributed by atoms with Crippen molar-refractivity contribution < 1.29 is 18.0 Å². The van der Waals surface area contributed by atoms with Crippen LogP contribution in [0.5, 0.6) is 0 Å². The number of hydrogen-bond acceptors (Lipinski definition) is 2. The molecule has 0 spiro atoms. The van der Waals surface area contributed by atoms with Gasteiger partial charge in [0, 0.05) is 11.8 Å². The number of benzene rings is 1. The molecule has 1 heterocycles. The van der Waals surface area contributed by atoms with Gasteiger partial charge in [0.15, 0.2) is 5.69 Å². The van der Waals surface area contributed by atoms with E-state index < -0.39 is 17.8 Å². The molecule has 2 N–H and O–H groups in total.